The first-order valence-electron chi connectivity index (χ1n) is 6.88. The van der Waals surface area contributed by atoms with Gasteiger partial charge in [-0.25, -0.2) is 4.98 Å². The predicted molar refractivity (Wildman–Crippen MR) is 83.4 cm³/mol. The van der Waals surface area contributed by atoms with Crippen molar-refractivity contribution in [2.75, 3.05) is 5.73 Å². The van der Waals surface area contributed by atoms with Crippen molar-refractivity contribution in [2.24, 2.45) is 0 Å². The molecule has 0 aliphatic rings. The number of nitrogen functional groups attached to an aromatic ring is 1. The van der Waals surface area contributed by atoms with Crippen LogP contribution in [0, 0.1) is 20.8 Å². The van der Waals surface area contributed by atoms with E-state index in [9.17, 15) is 0 Å². The number of ether oxygens (including phenoxy) is 1. The van der Waals surface area contributed by atoms with Gasteiger partial charge in [-0.05, 0) is 61.7 Å². The molecule has 4 heteroatoms. The summed E-state index contributed by atoms with van der Waals surface area (Å²) in [5, 5.41) is 0. The maximum absolute atomic E-state index is 5.86. The van der Waals surface area contributed by atoms with Gasteiger partial charge in [0.1, 0.15) is 11.3 Å². The molecule has 2 aromatic carbocycles. The fourth-order valence-electron chi connectivity index (χ4n) is 2.34. The minimum absolute atomic E-state index is 0.304. The van der Waals surface area contributed by atoms with Crippen LogP contribution >= 0.6 is 0 Å². The number of nitrogens with zero attached hydrogens (tertiary/aromatic N) is 1. The van der Waals surface area contributed by atoms with E-state index in [2.05, 4.69) is 31.8 Å². The molecule has 0 saturated heterocycles. The summed E-state index contributed by atoms with van der Waals surface area (Å²) in [7, 11) is 0. The monoisotopic (exact) mass is 282 g/mol. The van der Waals surface area contributed by atoms with Crippen LogP contribution < -0.4 is 10.5 Å². The molecule has 3 rings (SSSR count). The molecule has 0 aliphatic carbocycles. The van der Waals surface area contributed by atoms with Gasteiger partial charge in [0.25, 0.3) is 0 Å². The van der Waals surface area contributed by atoms with Gasteiger partial charge < -0.3 is 14.9 Å². The summed E-state index contributed by atoms with van der Waals surface area (Å²) in [6, 6.07) is 9.59. The third-order valence-corrected chi connectivity index (χ3v) is 3.57. The number of rotatable bonds is 3. The topological polar surface area (TPSA) is 61.3 Å². The van der Waals surface area contributed by atoms with E-state index in [1.165, 1.54) is 11.1 Å². The van der Waals surface area contributed by atoms with Crippen molar-refractivity contribution in [1.29, 1.82) is 0 Å². The van der Waals surface area contributed by atoms with Gasteiger partial charge >= 0.3 is 0 Å². The van der Waals surface area contributed by atoms with Crippen molar-refractivity contribution in [3.05, 3.63) is 52.9 Å². The molecule has 21 heavy (non-hydrogen) atoms. The Labute approximate surface area is 123 Å². The van der Waals surface area contributed by atoms with Crippen molar-refractivity contribution in [3.8, 4) is 5.75 Å². The lowest BCUT2D eigenvalue weighted by Gasteiger charge is -2.10. The van der Waals surface area contributed by atoms with E-state index in [4.69, 9.17) is 14.9 Å². The van der Waals surface area contributed by atoms with E-state index in [-0.39, 0.29) is 0 Å². The molecule has 0 spiro atoms. The molecule has 2 N–H and O–H groups in total. The zero-order chi connectivity index (χ0) is 15.0. The van der Waals surface area contributed by atoms with Crippen LogP contribution in [-0.2, 0) is 6.61 Å². The number of oxazole rings is 1. The first-order valence-corrected chi connectivity index (χ1v) is 6.88. The highest BCUT2D eigenvalue weighted by atomic mass is 16.5. The summed E-state index contributed by atoms with van der Waals surface area (Å²) < 4.78 is 11.5. The summed E-state index contributed by atoms with van der Waals surface area (Å²) in [6.07, 6.45) is 0. The molecule has 1 aromatic heterocycles. The fraction of sp³-hybridized carbons (Fsp3) is 0.235. The Morgan fingerprint density at radius 1 is 1.14 bits per heavy atom. The lowest BCUT2D eigenvalue weighted by molar-refractivity contribution is 0.265. The Morgan fingerprint density at radius 2 is 1.95 bits per heavy atom. The Kier molecular flexibility index (Phi) is 3.29. The van der Waals surface area contributed by atoms with Crippen LogP contribution in [0.25, 0.3) is 11.1 Å². The summed E-state index contributed by atoms with van der Waals surface area (Å²) >= 11 is 0. The van der Waals surface area contributed by atoms with Crippen molar-refractivity contribution >= 4 is 16.8 Å². The first-order chi connectivity index (χ1) is 10.0. The summed E-state index contributed by atoms with van der Waals surface area (Å²) in [5.74, 6) is 1.42. The molecule has 0 atom stereocenters. The Balaban J connectivity index is 1.83. The van der Waals surface area contributed by atoms with Gasteiger partial charge in [-0.3, -0.25) is 0 Å². The Bertz CT molecular complexity index is 806. The zero-order valence-electron chi connectivity index (χ0n) is 12.4. The van der Waals surface area contributed by atoms with Gasteiger partial charge in [-0.1, -0.05) is 6.07 Å². The van der Waals surface area contributed by atoms with Crippen molar-refractivity contribution < 1.29 is 9.15 Å². The summed E-state index contributed by atoms with van der Waals surface area (Å²) in [4.78, 5) is 4.39. The standard InChI is InChI=1S/C17H18N2O2/c1-10-6-11(2)12(3)16(7-10)20-9-17-19-14-8-13(18)4-5-15(14)21-17/h4-8H,9,18H2,1-3H3. The molecule has 0 saturated carbocycles. The van der Waals surface area contributed by atoms with Crippen molar-refractivity contribution in [2.45, 2.75) is 27.4 Å². The molecular weight excluding hydrogens is 264 g/mol. The number of nitrogens with two attached hydrogens (primary N) is 1. The van der Waals surface area contributed by atoms with Gasteiger partial charge in [0.05, 0.1) is 0 Å². The lowest BCUT2D eigenvalue weighted by atomic mass is 10.1. The fourth-order valence-corrected chi connectivity index (χ4v) is 2.34. The predicted octanol–water partition coefficient (Wildman–Crippen LogP) is 3.91. The molecular formula is C17H18N2O2. The highest BCUT2D eigenvalue weighted by Gasteiger charge is 2.09. The average molecular weight is 282 g/mol. The van der Waals surface area contributed by atoms with Gasteiger partial charge in [-0.2, -0.15) is 0 Å². The highest BCUT2D eigenvalue weighted by molar-refractivity contribution is 5.76. The molecule has 0 amide bonds. The van der Waals surface area contributed by atoms with E-state index < -0.39 is 0 Å². The van der Waals surface area contributed by atoms with Crippen LogP contribution in [-0.4, -0.2) is 4.98 Å². The third kappa shape index (κ3) is 2.70. The maximum Gasteiger partial charge on any atom is 0.233 e. The largest absolute Gasteiger partial charge is 0.484 e. The third-order valence-electron chi connectivity index (χ3n) is 3.57. The number of fused-ring (bicyclic) bond motifs is 1. The van der Waals surface area contributed by atoms with Crippen LogP contribution in [0.4, 0.5) is 5.69 Å². The van der Waals surface area contributed by atoms with Crippen molar-refractivity contribution in [1.82, 2.24) is 4.98 Å². The number of benzene rings is 2. The molecule has 0 bridgehead atoms. The lowest BCUT2D eigenvalue weighted by Crippen LogP contribution is -1.99. The molecule has 0 unspecified atom stereocenters. The van der Waals surface area contributed by atoms with Gasteiger partial charge in [0.15, 0.2) is 12.2 Å². The van der Waals surface area contributed by atoms with Crippen molar-refractivity contribution in [3.63, 3.8) is 0 Å². The smallest absolute Gasteiger partial charge is 0.233 e. The minimum Gasteiger partial charge on any atom is -0.484 e. The van der Waals surface area contributed by atoms with E-state index in [0.29, 0.717) is 18.2 Å². The average Bonchev–Trinajstić information content (AvgIpc) is 2.83. The number of hydrogen-bond acceptors (Lipinski definition) is 4. The van der Waals surface area contributed by atoms with Crippen LogP contribution in [0.1, 0.15) is 22.6 Å². The Hall–Kier alpha value is -2.49. The molecule has 1 heterocycles. The summed E-state index contributed by atoms with van der Waals surface area (Å²) in [6.45, 7) is 6.49. The summed E-state index contributed by atoms with van der Waals surface area (Å²) in [5.41, 5.74) is 11.4. The highest BCUT2D eigenvalue weighted by Crippen LogP contribution is 2.25. The molecule has 0 fully saturated rings. The SMILES string of the molecule is Cc1cc(C)c(C)c(OCc2nc3cc(N)ccc3o2)c1. The van der Waals surface area contributed by atoms with Gasteiger partial charge in [0, 0.05) is 5.69 Å². The molecule has 0 aliphatic heterocycles. The minimum atomic E-state index is 0.304. The number of aryl methyl sites for hydroxylation is 2. The van der Waals surface area contributed by atoms with Gasteiger partial charge in [0.2, 0.25) is 5.89 Å². The molecule has 108 valence electrons. The van der Waals surface area contributed by atoms with Crippen LogP contribution in [0.3, 0.4) is 0 Å². The number of hydrogen-bond donors (Lipinski definition) is 1. The van der Waals surface area contributed by atoms with Crippen LogP contribution in [0.5, 0.6) is 5.75 Å². The van der Waals surface area contributed by atoms with E-state index in [1.807, 2.05) is 12.1 Å². The second kappa shape index (κ2) is 5.13. The van der Waals surface area contributed by atoms with Crippen LogP contribution in [0.15, 0.2) is 34.7 Å². The zero-order valence-corrected chi connectivity index (χ0v) is 12.4. The second-order valence-corrected chi connectivity index (χ2v) is 5.33. The molecule has 4 nitrogen and oxygen atoms in total. The molecule has 0 radical (unpaired) electrons. The molecule has 3 aromatic rings. The maximum atomic E-state index is 5.86. The van der Waals surface area contributed by atoms with E-state index in [1.54, 1.807) is 12.1 Å². The van der Waals surface area contributed by atoms with Crippen LogP contribution in [0.2, 0.25) is 0 Å². The van der Waals surface area contributed by atoms with E-state index >= 15 is 0 Å². The normalized spacial score (nSPS) is 11.0. The number of aromatic nitrogens is 1. The first kappa shape index (κ1) is 13.5. The van der Waals surface area contributed by atoms with E-state index in [0.717, 1.165) is 22.4 Å². The second-order valence-electron chi connectivity index (χ2n) is 5.33. The van der Waals surface area contributed by atoms with Gasteiger partial charge in [-0.15, -0.1) is 0 Å². The Morgan fingerprint density at radius 3 is 2.76 bits per heavy atom. The number of anilines is 1. The quantitative estimate of drug-likeness (QED) is 0.740.